The molecule has 0 saturated heterocycles. The van der Waals surface area contributed by atoms with E-state index in [0.29, 0.717) is 16.7 Å². The SMILES string of the molecule is CCOC(=O)OC(=O)C=Cc1ccc(CO)c(CO)c1. The molecule has 2 N–H and O–H groups in total. The monoisotopic (exact) mass is 280 g/mol. The zero-order chi connectivity index (χ0) is 15.0. The van der Waals surface area contributed by atoms with E-state index < -0.39 is 12.1 Å². The summed E-state index contributed by atoms with van der Waals surface area (Å²) in [6, 6.07) is 4.93. The average Bonchev–Trinajstić information content (AvgIpc) is 2.44. The van der Waals surface area contributed by atoms with Crippen molar-refractivity contribution in [3.8, 4) is 0 Å². The van der Waals surface area contributed by atoms with Crippen LogP contribution >= 0.6 is 0 Å². The summed E-state index contributed by atoms with van der Waals surface area (Å²) in [6.45, 7) is 1.33. The third-order valence-corrected chi connectivity index (χ3v) is 2.43. The van der Waals surface area contributed by atoms with Crippen LogP contribution < -0.4 is 0 Å². The highest BCUT2D eigenvalue weighted by molar-refractivity contribution is 5.93. The van der Waals surface area contributed by atoms with Crippen molar-refractivity contribution in [2.75, 3.05) is 6.61 Å². The molecule has 0 fully saturated rings. The highest BCUT2D eigenvalue weighted by Gasteiger charge is 2.07. The first-order chi connectivity index (χ1) is 9.60. The molecule has 0 bridgehead atoms. The normalized spacial score (nSPS) is 10.6. The van der Waals surface area contributed by atoms with Gasteiger partial charge in [-0.3, -0.25) is 0 Å². The molecule has 0 atom stereocenters. The summed E-state index contributed by atoms with van der Waals surface area (Å²) in [6.07, 6.45) is 1.46. The number of aliphatic hydroxyl groups excluding tert-OH is 2. The molecule has 1 aromatic carbocycles. The Hall–Kier alpha value is -2.18. The number of rotatable bonds is 5. The number of hydrogen-bond acceptors (Lipinski definition) is 6. The largest absolute Gasteiger partial charge is 0.516 e. The number of carbonyl (C=O) groups is 2. The Balaban J connectivity index is 2.70. The maximum atomic E-state index is 11.3. The summed E-state index contributed by atoms with van der Waals surface area (Å²) in [5.74, 6) is -0.847. The van der Waals surface area contributed by atoms with Gasteiger partial charge in [-0.1, -0.05) is 12.1 Å². The molecule has 1 rings (SSSR count). The number of hydrogen-bond donors (Lipinski definition) is 2. The van der Waals surface area contributed by atoms with E-state index in [1.807, 2.05) is 0 Å². The summed E-state index contributed by atoms with van der Waals surface area (Å²) >= 11 is 0. The number of ether oxygens (including phenoxy) is 2. The van der Waals surface area contributed by atoms with Crippen LogP contribution in [0.25, 0.3) is 6.08 Å². The van der Waals surface area contributed by atoms with E-state index in [1.165, 1.54) is 6.08 Å². The molecule has 0 saturated carbocycles. The van der Waals surface area contributed by atoms with E-state index >= 15 is 0 Å². The molecular weight excluding hydrogens is 264 g/mol. The zero-order valence-corrected chi connectivity index (χ0v) is 11.0. The third kappa shape index (κ3) is 4.83. The van der Waals surface area contributed by atoms with Gasteiger partial charge in [0.1, 0.15) is 0 Å². The van der Waals surface area contributed by atoms with Crippen molar-refractivity contribution >= 4 is 18.2 Å². The number of benzene rings is 1. The second kappa shape index (κ2) is 8.08. The molecular formula is C14H16O6. The first-order valence-electron chi connectivity index (χ1n) is 6.00. The van der Waals surface area contributed by atoms with Crippen molar-refractivity contribution in [3.05, 3.63) is 41.0 Å². The molecule has 0 aromatic heterocycles. The Kier molecular flexibility index (Phi) is 6.42. The minimum Gasteiger partial charge on any atom is -0.434 e. The standard InChI is InChI=1S/C14H16O6/c1-2-19-14(18)20-13(17)6-4-10-3-5-11(8-15)12(7-10)9-16/h3-7,15-16H,2,8-9H2,1H3. The minimum absolute atomic E-state index is 0.123. The quantitative estimate of drug-likeness (QED) is 0.481. The van der Waals surface area contributed by atoms with E-state index in [0.717, 1.165) is 6.08 Å². The van der Waals surface area contributed by atoms with Crippen molar-refractivity contribution < 1.29 is 29.3 Å². The molecule has 0 amide bonds. The fraction of sp³-hybridized carbons (Fsp3) is 0.286. The van der Waals surface area contributed by atoms with Crippen molar-refractivity contribution in [1.29, 1.82) is 0 Å². The van der Waals surface area contributed by atoms with E-state index in [-0.39, 0.29) is 19.8 Å². The van der Waals surface area contributed by atoms with Crippen LogP contribution in [0.3, 0.4) is 0 Å². The Labute approximate surface area is 116 Å². The van der Waals surface area contributed by atoms with Crippen LogP contribution in [0.15, 0.2) is 24.3 Å². The lowest BCUT2D eigenvalue weighted by molar-refractivity contribution is -0.134. The first kappa shape index (κ1) is 15.9. The van der Waals surface area contributed by atoms with Gasteiger partial charge in [-0.2, -0.15) is 0 Å². The van der Waals surface area contributed by atoms with Crippen LogP contribution in [0.1, 0.15) is 23.6 Å². The van der Waals surface area contributed by atoms with Crippen LogP contribution in [0.4, 0.5) is 4.79 Å². The van der Waals surface area contributed by atoms with Gasteiger partial charge in [-0.25, -0.2) is 9.59 Å². The fourth-order valence-electron chi connectivity index (χ4n) is 1.48. The second-order valence-corrected chi connectivity index (χ2v) is 3.78. The molecule has 6 heteroatoms. The van der Waals surface area contributed by atoms with Gasteiger partial charge in [-0.05, 0) is 35.8 Å². The summed E-state index contributed by atoms with van der Waals surface area (Å²) in [5.41, 5.74) is 1.80. The highest BCUT2D eigenvalue weighted by atomic mass is 16.7. The minimum atomic E-state index is -1.05. The van der Waals surface area contributed by atoms with E-state index in [9.17, 15) is 9.59 Å². The molecule has 0 aliphatic carbocycles. The second-order valence-electron chi connectivity index (χ2n) is 3.78. The van der Waals surface area contributed by atoms with Gasteiger partial charge in [0.25, 0.3) is 0 Å². The molecule has 108 valence electrons. The summed E-state index contributed by atoms with van der Waals surface area (Å²) < 4.78 is 8.79. The van der Waals surface area contributed by atoms with Crippen molar-refractivity contribution in [2.45, 2.75) is 20.1 Å². The van der Waals surface area contributed by atoms with Gasteiger partial charge in [0, 0.05) is 6.08 Å². The molecule has 0 heterocycles. The summed E-state index contributed by atoms with van der Waals surface area (Å²) in [4.78, 5) is 22.2. The molecule has 0 aliphatic heterocycles. The van der Waals surface area contributed by atoms with Crippen molar-refractivity contribution in [1.82, 2.24) is 0 Å². The number of esters is 1. The lowest BCUT2D eigenvalue weighted by atomic mass is 10.0. The number of carbonyl (C=O) groups excluding carboxylic acids is 2. The summed E-state index contributed by atoms with van der Waals surface area (Å²) in [5, 5.41) is 18.2. The Bertz CT molecular complexity index is 506. The third-order valence-electron chi connectivity index (χ3n) is 2.43. The van der Waals surface area contributed by atoms with Gasteiger partial charge in [0.2, 0.25) is 0 Å². The fourth-order valence-corrected chi connectivity index (χ4v) is 1.48. The van der Waals surface area contributed by atoms with Gasteiger partial charge in [0.15, 0.2) is 0 Å². The maximum absolute atomic E-state index is 11.3. The molecule has 1 aromatic rings. The Morgan fingerprint density at radius 3 is 2.50 bits per heavy atom. The van der Waals surface area contributed by atoms with Gasteiger partial charge in [0.05, 0.1) is 19.8 Å². The van der Waals surface area contributed by atoms with Crippen LogP contribution in [0.5, 0.6) is 0 Å². The van der Waals surface area contributed by atoms with E-state index in [4.69, 9.17) is 10.2 Å². The molecule has 0 spiro atoms. The van der Waals surface area contributed by atoms with E-state index in [1.54, 1.807) is 25.1 Å². The van der Waals surface area contributed by atoms with E-state index in [2.05, 4.69) is 9.47 Å². The summed E-state index contributed by atoms with van der Waals surface area (Å²) in [7, 11) is 0. The molecule has 20 heavy (non-hydrogen) atoms. The van der Waals surface area contributed by atoms with Crippen LogP contribution in [-0.2, 0) is 27.5 Å². The van der Waals surface area contributed by atoms with Crippen LogP contribution in [0.2, 0.25) is 0 Å². The maximum Gasteiger partial charge on any atom is 0.516 e. The predicted octanol–water partition coefficient (Wildman–Crippen LogP) is 1.38. The average molecular weight is 280 g/mol. The van der Waals surface area contributed by atoms with Crippen molar-refractivity contribution in [3.63, 3.8) is 0 Å². The highest BCUT2D eigenvalue weighted by Crippen LogP contribution is 2.13. The smallest absolute Gasteiger partial charge is 0.434 e. The number of aliphatic hydroxyl groups is 2. The van der Waals surface area contributed by atoms with Gasteiger partial charge in [-0.15, -0.1) is 0 Å². The first-order valence-corrected chi connectivity index (χ1v) is 6.00. The lowest BCUT2D eigenvalue weighted by Gasteiger charge is -2.05. The topological polar surface area (TPSA) is 93.1 Å². The van der Waals surface area contributed by atoms with Crippen LogP contribution in [0, 0.1) is 0 Å². The van der Waals surface area contributed by atoms with Crippen molar-refractivity contribution in [2.24, 2.45) is 0 Å². The molecule has 6 nitrogen and oxygen atoms in total. The molecule has 0 unspecified atom stereocenters. The van der Waals surface area contributed by atoms with Gasteiger partial charge >= 0.3 is 12.1 Å². The predicted molar refractivity (Wildman–Crippen MR) is 70.4 cm³/mol. The van der Waals surface area contributed by atoms with Crippen LogP contribution in [-0.4, -0.2) is 28.9 Å². The van der Waals surface area contributed by atoms with Gasteiger partial charge < -0.3 is 19.7 Å². The molecule has 0 aliphatic rings. The molecule has 0 radical (unpaired) electrons. The zero-order valence-electron chi connectivity index (χ0n) is 11.0. The lowest BCUT2D eigenvalue weighted by Crippen LogP contribution is -2.11. The Morgan fingerprint density at radius 1 is 1.20 bits per heavy atom. The Morgan fingerprint density at radius 2 is 1.90 bits per heavy atom.